The Morgan fingerprint density at radius 3 is 2.03 bits per heavy atom. The van der Waals surface area contributed by atoms with E-state index >= 15 is 0 Å². The summed E-state index contributed by atoms with van der Waals surface area (Å²) in [6.07, 6.45) is -0.801. The Hall–Kier alpha value is -3.88. The maximum Gasteiger partial charge on any atom is 0.408 e. The van der Waals surface area contributed by atoms with Gasteiger partial charge in [0.25, 0.3) is 11.8 Å². The summed E-state index contributed by atoms with van der Waals surface area (Å²) in [6.45, 7) is 9.72. The first-order valence-corrected chi connectivity index (χ1v) is 11.4. The summed E-state index contributed by atoms with van der Waals surface area (Å²) in [5, 5.41) is 2.90. The molecule has 9 nitrogen and oxygen atoms in total. The molecule has 0 saturated heterocycles. The molecular weight excluding hydrogens is 452 g/mol. The van der Waals surface area contributed by atoms with Gasteiger partial charge < -0.3 is 19.6 Å². The van der Waals surface area contributed by atoms with E-state index in [1.54, 1.807) is 57.2 Å². The molecule has 0 aliphatic carbocycles. The molecule has 1 N–H and O–H groups in total. The van der Waals surface area contributed by atoms with Crippen LogP contribution in [0.1, 0.15) is 60.9 Å². The highest BCUT2D eigenvalue weighted by Gasteiger charge is 2.40. The maximum atomic E-state index is 13.0. The van der Waals surface area contributed by atoms with Gasteiger partial charge in [0, 0.05) is 6.42 Å². The minimum atomic E-state index is -1.23. The third kappa shape index (κ3) is 6.81. The lowest BCUT2D eigenvalue weighted by Gasteiger charge is -2.24. The number of amides is 3. The molecule has 3 amide bonds. The third-order valence-corrected chi connectivity index (χ3v) is 4.86. The van der Waals surface area contributed by atoms with Crippen molar-refractivity contribution in [1.82, 2.24) is 10.4 Å². The predicted octanol–water partition coefficient (Wildman–Crippen LogP) is 3.91. The number of benzene rings is 2. The molecule has 186 valence electrons. The number of fused-ring (bicyclic) bond motifs is 1. The fourth-order valence-electron chi connectivity index (χ4n) is 3.27. The number of ether oxygens (including phenoxy) is 2. The van der Waals surface area contributed by atoms with Gasteiger partial charge in [0.15, 0.2) is 0 Å². The fourth-order valence-corrected chi connectivity index (χ4v) is 3.27. The fraction of sp³-hybridized carbons (Fsp3) is 0.385. The molecular formula is C26H30N2O7. The normalized spacial score (nSPS) is 13.9. The van der Waals surface area contributed by atoms with Crippen LogP contribution in [0.3, 0.4) is 0 Å². The maximum absolute atomic E-state index is 13.0. The van der Waals surface area contributed by atoms with E-state index in [1.165, 1.54) is 12.1 Å². The standard InChI is InChI=1S/C26H30N2O7/c1-16(2)15-33-18-12-10-17(11-13-18)14-21(27-25(32)34-26(3,4)5)24(31)35-28-22(29)19-8-6-7-9-20(19)23(28)30/h6-13,16,21H,14-15H2,1-5H3,(H,27,32). The molecule has 1 unspecified atom stereocenters. The number of carbonyl (C=O) groups is 4. The van der Waals surface area contributed by atoms with Crippen LogP contribution in [0.4, 0.5) is 4.79 Å². The molecule has 3 rings (SSSR count). The number of alkyl carbamates (subject to hydrolysis) is 1. The molecule has 1 heterocycles. The van der Waals surface area contributed by atoms with Crippen molar-refractivity contribution >= 4 is 23.9 Å². The first kappa shape index (κ1) is 25.7. The molecule has 0 fully saturated rings. The van der Waals surface area contributed by atoms with Gasteiger partial charge in [-0.1, -0.05) is 43.2 Å². The zero-order valence-electron chi connectivity index (χ0n) is 20.5. The van der Waals surface area contributed by atoms with Crippen molar-refractivity contribution in [2.24, 2.45) is 5.92 Å². The molecule has 0 spiro atoms. The summed E-state index contributed by atoms with van der Waals surface area (Å²) >= 11 is 0. The quantitative estimate of drug-likeness (QED) is 0.568. The summed E-state index contributed by atoms with van der Waals surface area (Å²) in [5.41, 5.74) is 0.177. The van der Waals surface area contributed by atoms with Crippen molar-refractivity contribution in [3.8, 4) is 5.75 Å². The predicted molar refractivity (Wildman–Crippen MR) is 127 cm³/mol. The van der Waals surface area contributed by atoms with Crippen molar-refractivity contribution in [1.29, 1.82) is 0 Å². The highest BCUT2D eigenvalue weighted by molar-refractivity contribution is 6.20. The van der Waals surface area contributed by atoms with Crippen molar-refractivity contribution in [3.63, 3.8) is 0 Å². The number of hydroxylamine groups is 2. The van der Waals surface area contributed by atoms with Gasteiger partial charge in [-0.05, 0) is 56.5 Å². The molecule has 9 heteroatoms. The Kier molecular flexibility index (Phi) is 7.78. The van der Waals surface area contributed by atoms with Gasteiger partial charge in [0.2, 0.25) is 0 Å². The van der Waals surface area contributed by atoms with Crippen LogP contribution in [0.15, 0.2) is 48.5 Å². The van der Waals surface area contributed by atoms with Gasteiger partial charge >= 0.3 is 12.1 Å². The van der Waals surface area contributed by atoms with Crippen molar-refractivity contribution in [2.75, 3.05) is 6.61 Å². The molecule has 0 radical (unpaired) electrons. The van der Waals surface area contributed by atoms with Crippen molar-refractivity contribution in [3.05, 3.63) is 65.2 Å². The second-order valence-corrected chi connectivity index (χ2v) is 9.61. The molecule has 2 aromatic rings. The second-order valence-electron chi connectivity index (χ2n) is 9.61. The van der Waals surface area contributed by atoms with Crippen LogP contribution >= 0.6 is 0 Å². The van der Waals surface area contributed by atoms with Gasteiger partial charge in [-0.3, -0.25) is 9.59 Å². The summed E-state index contributed by atoms with van der Waals surface area (Å²) in [6, 6.07) is 12.0. The summed E-state index contributed by atoms with van der Waals surface area (Å²) < 4.78 is 10.9. The van der Waals surface area contributed by atoms with Crippen LogP contribution in [0.2, 0.25) is 0 Å². The summed E-state index contributed by atoms with van der Waals surface area (Å²) in [5.74, 6) is -1.43. The average molecular weight is 483 g/mol. The largest absolute Gasteiger partial charge is 0.493 e. The van der Waals surface area contributed by atoms with Crippen LogP contribution in [0.5, 0.6) is 5.75 Å². The van der Waals surface area contributed by atoms with E-state index in [1.807, 2.05) is 13.8 Å². The van der Waals surface area contributed by atoms with Crippen molar-refractivity contribution < 1.29 is 33.5 Å². The van der Waals surface area contributed by atoms with Crippen molar-refractivity contribution in [2.45, 2.75) is 52.7 Å². The smallest absolute Gasteiger partial charge is 0.408 e. The number of rotatable bonds is 8. The lowest BCUT2D eigenvalue weighted by atomic mass is 10.1. The summed E-state index contributed by atoms with van der Waals surface area (Å²) in [7, 11) is 0. The third-order valence-electron chi connectivity index (χ3n) is 4.86. The lowest BCUT2D eigenvalue weighted by molar-refractivity contribution is -0.171. The van der Waals surface area contributed by atoms with E-state index in [2.05, 4.69) is 5.32 Å². The Bertz CT molecular complexity index is 1070. The van der Waals surface area contributed by atoms with E-state index < -0.39 is 35.5 Å². The first-order chi connectivity index (χ1) is 16.4. The van der Waals surface area contributed by atoms with E-state index in [0.717, 1.165) is 0 Å². The Balaban J connectivity index is 1.75. The molecule has 0 bridgehead atoms. The SMILES string of the molecule is CC(C)COc1ccc(CC(NC(=O)OC(C)(C)C)C(=O)ON2C(=O)c3ccccc3C2=O)cc1. The molecule has 0 saturated carbocycles. The minimum Gasteiger partial charge on any atom is -0.493 e. The van der Waals surface area contributed by atoms with Gasteiger partial charge in [0.1, 0.15) is 17.4 Å². The molecule has 1 aliphatic rings. The second kappa shape index (κ2) is 10.6. The monoisotopic (exact) mass is 482 g/mol. The van der Waals surface area contributed by atoms with E-state index in [-0.39, 0.29) is 17.5 Å². The Morgan fingerprint density at radius 2 is 1.51 bits per heavy atom. The van der Waals surface area contributed by atoms with Gasteiger partial charge in [0.05, 0.1) is 17.7 Å². The van der Waals surface area contributed by atoms with Gasteiger partial charge in [-0.2, -0.15) is 0 Å². The topological polar surface area (TPSA) is 111 Å². The number of carbonyl (C=O) groups excluding carboxylic acids is 4. The highest BCUT2D eigenvalue weighted by Crippen LogP contribution is 2.23. The molecule has 1 aliphatic heterocycles. The van der Waals surface area contributed by atoms with Gasteiger partial charge in [-0.15, -0.1) is 0 Å². The zero-order valence-corrected chi connectivity index (χ0v) is 20.5. The number of imide groups is 1. The van der Waals surface area contributed by atoms with E-state index in [9.17, 15) is 19.2 Å². The zero-order chi connectivity index (χ0) is 25.8. The lowest BCUT2D eigenvalue weighted by Crippen LogP contribution is -2.48. The number of nitrogens with zero attached hydrogens (tertiary/aromatic N) is 1. The first-order valence-electron chi connectivity index (χ1n) is 11.4. The number of hydrogen-bond donors (Lipinski definition) is 1. The highest BCUT2D eigenvalue weighted by atomic mass is 16.7. The van der Waals surface area contributed by atoms with E-state index in [4.69, 9.17) is 14.3 Å². The average Bonchev–Trinajstić information content (AvgIpc) is 3.02. The Labute approximate surface area is 204 Å². The van der Waals surface area contributed by atoms with E-state index in [0.29, 0.717) is 28.9 Å². The molecule has 1 atom stereocenters. The Morgan fingerprint density at radius 1 is 0.943 bits per heavy atom. The number of hydrogen-bond acceptors (Lipinski definition) is 7. The van der Waals surface area contributed by atoms with Crippen LogP contribution < -0.4 is 10.1 Å². The van der Waals surface area contributed by atoms with Crippen LogP contribution in [0.25, 0.3) is 0 Å². The molecule has 2 aromatic carbocycles. The van der Waals surface area contributed by atoms with Crippen LogP contribution in [-0.4, -0.2) is 47.2 Å². The van der Waals surface area contributed by atoms with Gasteiger partial charge in [-0.25, -0.2) is 9.59 Å². The molecule has 35 heavy (non-hydrogen) atoms. The van der Waals surface area contributed by atoms with Crippen LogP contribution in [-0.2, 0) is 20.8 Å². The van der Waals surface area contributed by atoms with Crippen LogP contribution in [0, 0.1) is 5.92 Å². The molecule has 0 aromatic heterocycles. The minimum absolute atomic E-state index is 0.0334. The number of nitrogens with one attached hydrogen (secondary N) is 1. The summed E-state index contributed by atoms with van der Waals surface area (Å²) in [4.78, 5) is 55.8.